The van der Waals surface area contributed by atoms with Gasteiger partial charge in [0.25, 0.3) is 0 Å². The van der Waals surface area contributed by atoms with Crippen LogP contribution in [0, 0.1) is 0 Å². The Kier molecular flexibility index (Phi) is 6.31. The molecule has 0 amide bonds. The maximum atomic E-state index is 11.9. The van der Waals surface area contributed by atoms with Crippen LogP contribution < -0.4 is 19.1 Å². The smallest absolute Gasteiger partial charge is 0.214 e. The number of sulfonamides is 1. The first-order chi connectivity index (χ1) is 11.4. The van der Waals surface area contributed by atoms with Gasteiger partial charge in [-0.15, -0.1) is 0 Å². The molecule has 1 aliphatic heterocycles. The summed E-state index contributed by atoms with van der Waals surface area (Å²) < 4.78 is 41.5. The highest BCUT2D eigenvalue weighted by Crippen LogP contribution is 2.37. The number of hydrogen-bond acceptors (Lipinski definition) is 5. The summed E-state index contributed by atoms with van der Waals surface area (Å²) in [6, 6.07) is 3.90. The molecule has 1 aliphatic rings. The second-order valence-electron chi connectivity index (χ2n) is 5.76. The molecule has 1 saturated heterocycles. The number of benzene rings is 1. The van der Waals surface area contributed by atoms with Crippen molar-refractivity contribution in [2.75, 3.05) is 53.3 Å². The molecule has 0 aromatic heterocycles. The Bertz CT molecular complexity index is 629. The van der Waals surface area contributed by atoms with E-state index in [-0.39, 0.29) is 5.75 Å². The number of ether oxygens (including phenoxy) is 3. The maximum Gasteiger partial charge on any atom is 0.214 e. The molecule has 0 saturated carbocycles. The number of methoxy groups -OCH3 is 3. The lowest BCUT2D eigenvalue weighted by molar-refractivity contribution is -0.917. The SMILES string of the molecule is CCS(=O)(=O)N1CC[NH+](Cc2cc(OC)c(OC)c(OC)c2)CC1. The fraction of sp³-hybridized carbons (Fsp3) is 0.625. The van der Waals surface area contributed by atoms with Crippen molar-refractivity contribution in [2.45, 2.75) is 13.5 Å². The third-order valence-electron chi connectivity index (χ3n) is 4.37. The Balaban J connectivity index is 2.07. The average Bonchev–Trinajstić information content (AvgIpc) is 2.61. The molecule has 136 valence electrons. The predicted octanol–water partition coefficient (Wildman–Crippen LogP) is -0.237. The topological polar surface area (TPSA) is 69.5 Å². The molecule has 0 unspecified atom stereocenters. The molecular weight excluding hydrogens is 332 g/mol. The third-order valence-corrected chi connectivity index (χ3v) is 6.25. The van der Waals surface area contributed by atoms with Gasteiger partial charge in [0.1, 0.15) is 6.54 Å². The van der Waals surface area contributed by atoms with Crippen LogP contribution in [-0.2, 0) is 16.6 Å². The van der Waals surface area contributed by atoms with Crippen LogP contribution in [0.4, 0.5) is 0 Å². The lowest BCUT2D eigenvalue weighted by Crippen LogP contribution is -3.13. The number of hydrogen-bond donors (Lipinski definition) is 1. The maximum absolute atomic E-state index is 11.9. The van der Waals surface area contributed by atoms with E-state index in [1.807, 2.05) is 12.1 Å². The van der Waals surface area contributed by atoms with Gasteiger partial charge in [0.15, 0.2) is 11.5 Å². The molecular formula is C16H27N2O5S+. The van der Waals surface area contributed by atoms with Gasteiger partial charge in [0, 0.05) is 5.56 Å². The highest BCUT2D eigenvalue weighted by molar-refractivity contribution is 7.89. The Morgan fingerprint density at radius 3 is 2.00 bits per heavy atom. The molecule has 0 atom stereocenters. The predicted molar refractivity (Wildman–Crippen MR) is 91.5 cm³/mol. The third kappa shape index (κ3) is 4.12. The Morgan fingerprint density at radius 1 is 1.04 bits per heavy atom. The van der Waals surface area contributed by atoms with Gasteiger partial charge in [0.05, 0.1) is 53.3 Å². The summed E-state index contributed by atoms with van der Waals surface area (Å²) in [5, 5.41) is 0. The monoisotopic (exact) mass is 359 g/mol. The highest BCUT2D eigenvalue weighted by atomic mass is 32.2. The van der Waals surface area contributed by atoms with Gasteiger partial charge in [-0.2, -0.15) is 4.31 Å². The van der Waals surface area contributed by atoms with E-state index in [1.165, 1.54) is 4.90 Å². The zero-order valence-corrected chi connectivity index (χ0v) is 15.6. The largest absolute Gasteiger partial charge is 0.493 e. The standard InChI is InChI=1S/C16H26N2O5S/c1-5-24(19,20)18-8-6-17(7-9-18)12-13-10-14(21-2)16(23-4)15(11-13)22-3/h10-11H,5-9,12H2,1-4H3/p+1. The molecule has 0 radical (unpaired) electrons. The van der Waals surface area contributed by atoms with Crippen molar-refractivity contribution in [1.82, 2.24) is 4.31 Å². The second kappa shape index (κ2) is 8.04. The molecule has 0 bridgehead atoms. The number of piperazine rings is 1. The van der Waals surface area contributed by atoms with E-state index >= 15 is 0 Å². The van der Waals surface area contributed by atoms with Crippen LogP contribution in [0.2, 0.25) is 0 Å². The van der Waals surface area contributed by atoms with Gasteiger partial charge in [-0.25, -0.2) is 8.42 Å². The molecule has 1 fully saturated rings. The minimum atomic E-state index is -3.08. The van der Waals surface area contributed by atoms with Crippen molar-refractivity contribution in [3.63, 3.8) is 0 Å². The van der Waals surface area contributed by atoms with Crippen molar-refractivity contribution in [3.8, 4) is 17.2 Å². The molecule has 7 nitrogen and oxygen atoms in total. The number of rotatable bonds is 7. The van der Waals surface area contributed by atoms with Crippen LogP contribution >= 0.6 is 0 Å². The molecule has 1 N–H and O–H groups in total. The molecule has 24 heavy (non-hydrogen) atoms. The van der Waals surface area contributed by atoms with Gasteiger partial charge in [-0.05, 0) is 19.1 Å². The van der Waals surface area contributed by atoms with Gasteiger partial charge in [0.2, 0.25) is 15.8 Å². The number of nitrogens with zero attached hydrogens (tertiary/aromatic N) is 1. The summed E-state index contributed by atoms with van der Waals surface area (Å²) in [5.41, 5.74) is 1.08. The highest BCUT2D eigenvalue weighted by Gasteiger charge is 2.28. The van der Waals surface area contributed by atoms with Crippen molar-refractivity contribution >= 4 is 10.0 Å². The van der Waals surface area contributed by atoms with Crippen molar-refractivity contribution in [2.24, 2.45) is 0 Å². The quantitative estimate of drug-likeness (QED) is 0.728. The van der Waals surface area contributed by atoms with E-state index in [9.17, 15) is 8.42 Å². The van der Waals surface area contributed by atoms with Gasteiger partial charge in [-0.1, -0.05) is 0 Å². The first kappa shape index (κ1) is 18.8. The summed E-state index contributed by atoms with van der Waals surface area (Å²) in [4.78, 5) is 1.34. The summed E-state index contributed by atoms with van der Waals surface area (Å²) in [5.74, 6) is 2.02. The molecule has 1 aromatic carbocycles. The average molecular weight is 359 g/mol. The van der Waals surface area contributed by atoms with E-state index < -0.39 is 10.0 Å². The fourth-order valence-corrected chi connectivity index (χ4v) is 4.07. The minimum Gasteiger partial charge on any atom is -0.493 e. The van der Waals surface area contributed by atoms with Crippen molar-refractivity contribution < 1.29 is 27.5 Å². The first-order valence-electron chi connectivity index (χ1n) is 8.05. The van der Waals surface area contributed by atoms with Crippen LogP contribution in [0.5, 0.6) is 17.2 Å². The Morgan fingerprint density at radius 2 is 1.58 bits per heavy atom. The zero-order valence-electron chi connectivity index (χ0n) is 14.8. The number of nitrogens with one attached hydrogen (secondary N) is 1. The Labute approximate surface area is 144 Å². The van der Waals surface area contributed by atoms with Crippen LogP contribution in [-0.4, -0.2) is 66.0 Å². The number of quaternary nitrogens is 1. The van der Waals surface area contributed by atoms with E-state index in [0.717, 1.165) is 25.2 Å². The molecule has 0 spiro atoms. The van der Waals surface area contributed by atoms with Crippen LogP contribution in [0.1, 0.15) is 12.5 Å². The lowest BCUT2D eigenvalue weighted by Gasteiger charge is -2.31. The molecule has 2 rings (SSSR count). The van der Waals surface area contributed by atoms with Crippen molar-refractivity contribution in [3.05, 3.63) is 17.7 Å². The van der Waals surface area contributed by atoms with Gasteiger partial charge >= 0.3 is 0 Å². The van der Waals surface area contributed by atoms with Gasteiger partial charge in [-0.3, -0.25) is 0 Å². The summed E-state index contributed by atoms with van der Waals surface area (Å²) in [6.45, 7) is 5.18. The fourth-order valence-electron chi connectivity index (χ4n) is 2.97. The van der Waals surface area contributed by atoms with Crippen LogP contribution in [0.25, 0.3) is 0 Å². The van der Waals surface area contributed by atoms with Crippen LogP contribution in [0.3, 0.4) is 0 Å². The summed E-state index contributed by atoms with van der Waals surface area (Å²) >= 11 is 0. The Hall–Kier alpha value is -1.51. The van der Waals surface area contributed by atoms with E-state index in [4.69, 9.17) is 14.2 Å². The van der Waals surface area contributed by atoms with Crippen LogP contribution in [0.15, 0.2) is 12.1 Å². The lowest BCUT2D eigenvalue weighted by atomic mass is 10.1. The first-order valence-corrected chi connectivity index (χ1v) is 9.66. The van der Waals surface area contributed by atoms with E-state index in [2.05, 4.69) is 0 Å². The molecule has 1 aromatic rings. The van der Waals surface area contributed by atoms with Crippen molar-refractivity contribution in [1.29, 1.82) is 0 Å². The summed E-state index contributed by atoms with van der Waals surface area (Å²) in [7, 11) is 1.70. The zero-order chi connectivity index (χ0) is 17.7. The second-order valence-corrected chi connectivity index (χ2v) is 8.02. The minimum absolute atomic E-state index is 0.162. The molecule has 8 heteroatoms. The normalized spacial score (nSPS) is 16.8. The van der Waals surface area contributed by atoms with E-state index in [1.54, 1.807) is 32.6 Å². The molecule has 0 aliphatic carbocycles. The molecule has 1 heterocycles. The van der Waals surface area contributed by atoms with E-state index in [0.29, 0.717) is 30.3 Å². The summed E-state index contributed by atoms with van der Waals surface area (Å²) in [6.07, 6.45) is 0. The van der Waals surface area contributed by atoms with Gasteiger partial charge < -0.3 is 19.1 Å².